The number of hydrogen-bond donors (Lipinski definition) is 1. The maximum Gasteiger partial charge on any atom is 0.227 e. The Labute approximate surface area is 143 Å². The van der Waals surface area contributed by atoms with Crippen LogP contribution in [-0.4, -0.2) is 27.3 Å². The van der Waals surface area contributed by atoms with E-state index in [-0.39, 0.29) is 12.3 Å². The largest absolute Gasteiger partial charge is 0.339 e. The van der Waals surface area contributed by atoms with Gasteiger partial charge >= 0.3 is 0 Å². The van der Waals surface area contributed by atoms with Crippen molar-refractivity contribution in [1.82, 2.24) is 15.1 Å². The molecule has 1 N–H and O–H groups in total. The monoisotopic (exact) mass is 340 g/mol. The summed E-state index contributed by atoms with van der Waals surface area (Å²) in [7, 11) is 0. The van der Waals surface area contributed by atoms with E-state index in [4.69, 9.17) is 4.52 Å². The first-order valence-electron chi connectivity index (χ1n) is 7.42. The first-order valence-corrected chi connectivity index (χ1v) is 8.65. The molecule has 0 saturated carbocycles. The van der Waals surface area contributed by atoms with E-state index in [2.05, 4.69) is 20.4 Å². The molecule has 0 spiro atoms. The van der Waals surface area contributed by atoms with Crippen molar-refractivity contribution < 1.29 is 9.32 Å². The van der Waals surface area contributed by atoms with Crippen LogP contribution in [0.1, 0.15) is 12.3 Å². The van der Waals surface area contributed by atoms with Gasteiger partial charge in [-0.3, -0.25) is 9.78 Å². The molecule has 7 heteroatoms. The molecule has 0 radical (unpaired) electrons. The third kappa shape index (κ3) is 4.20. The first-order chi connectivity index (χ1) is 11.7. The highest BCUT2D eigenvalue weighted by Crippen LogP contribution is 2.18. The Hall–Kier alpha value is -2.67. The SMILES string of the molecule is CSc1ccc(NC(=O)CCc2nc(-c3ccccn3)no2)cc1. The molecular formula is C17H16N4O2S. The van der Waals surface area contributed by atoms with E-state index in [9.17, 15) is 4.79 Å². The van der Waals surface area contributed by atoms with Gasteiger partial charge in [-0.05, 0) is 42.7 Å². The van der Waals surface area contributed by atoms with Gasteiger partial charge in [0.1, 0.15) is 5.69 Å². The fraction of sp³-hybridized carbons (Fsp3) is 0.176. The summed E-state index contributed by atoms with van der Waals surface area (Å²) in [5.41, 5.74) is 1.42. The lowest BCUT2D eigenvalue weighted by molar-refractivity contribution is -0.116. The number of benzene rings is 1. The number of aromatic nitrogens is 3. The summed E-state index contributed by atoms with van der Waals surface area (Å²) in [6, 6.07) is 13.2. The zero-order chi connectivity index (χ0) is 16.8. The van der Waals surface area contributed by atoms with Crippen molar-refractivity contribution >= 4 is 23.4 Å². The standard InChI is InChI=1S/C17H16N4O2S/c1-24-13-7-5-12(6-8-13)19-15(22)9-10-16-20-17(21-23-16)14-4-2-3-11-18-14/h2-8,11H,9-10H2,1H3,(H,19,22). The van der Waals surface area contributed by atoms with Crippen LogP contribution in [0.4, 0.5) is 5.69 Å². The van der Waals surface area contributed by atoms with E-state index in [1.165, 1.54) is 0 Å². The molecule has 0 aliphatic heterocycles. The molecule has 1 aromatic carbocycles. The van der Waals surface area contributed by atoms with E-state index >= 15 is 0 Å². The van der Waals surface area contributed by atoms with E-state index < -0.39 is 0 Å². The minimum atomic E-state index is -0.0931. The van der Waals surface area contributed by atoms with Gasteiger partial charge in [-0.25, -0.2) is 0 Å². The molecule has 0 aliphatic carbocycles. The summed E-state index contributed by atoms with van der Waals surface area (Å²) in [5, 5.41) is 6.74. The van der Waals surface area contributed by atoms with Crippen LogP contribution in [0, 0.1) is 0 Å². The lowest BCUT2D eigenvalue weighted by Crippen LogP contribution is -2.12. The molecule has 122 valence electrons. The molecular weight excluding hydrogens is 324 g/mol. The molecule has 1 amide bonds. The second-order valence-electron chi connectivity index (χ2n) is 5.00. The summed E-state index contributed by atoms with van der Waals surface area (Å²) in [4.78, 5) is 21.6. The predicted octanol–water partition coefficient (Wildman–Crippen LogP) is 3.42. The van der Waals surface area contributed by atoms with Gasteiger partial charge in [0.05, 0.1) is 0 Å². The number of thioether (sulfide) groups is 1. The van der Waals surface area contributed by atoms with Crippen molar-refractivity contribution in [2.45, 2.75) is 17.7 Å². The third-order valence-electron chi connectivity index (χ3n) is 3.30. The summed E-state index contributed by atoms with van der Waals surface area (Å²) in [6.07, 6.45) is 4.33. The first kappa shape index (κ1) is 16.2. The summed E-state index contributed by atoms with van der Waals surface area (Å²) < 4.78 is 5.17. The van der Waals surface area contributed by atoms with E-state index in [0.29, 0.717) is 23.8 Å². The van der Waals surface area contributed by atoms with Crippen LogP contribution in [0.3, 0.4) is 0 Å². The van der Waals surface area contributed by atoms with Gasteiger partial charge in [0.25, 0.3) is 0 Å². The molecule has 24 heavy (non-hydrogen) atoms. The van der Waals surface area contributed by atoms with E-state index in [0.717, 1.165) is 10.6 Å². The number of hydrogen-bond acceptors (Lipinski definition) is 6. The summed E-state index contributed by atoms with van der Waals surface area (Å²) in [5.74, 6) is 0.756. The zero-order valence-electron chi connectivity index (χ0n) is 13.1. The van der Waals surface area contributed by atoms with Gasteiger partial charge in [-0.15, -0.1) is 11.8 Å². The highest BCUT2D eigenvalue weighted by molar-refractivity contribution is 7.98. The molecule has 3 aromatic rings. The highest BCUT2D eigenvalue weighted by atomic mass is 32.2. The van der Waals surface area contributed by atoms with Gasteiger partial charge in [0, 0.05) is 29.6 Å². The van der Waals surface area contributed by atoms with E-state index in [1.54, 1.807) is 24.0 Å². The number of nitrogens with one attached hydrogen (secondary N) is 1. The Morgan fingerprint density at radius 3 is 2.75 bits per heavy atom. The third-order valence-corrected chi connectivity index (χ3v) is 4.05. The smallest absolute Gasteiger partial charge is 0.227 e. The van der Waals surface area contributed by atoms with Crippen LogP contribution in [0.15, 0.2) is 58.1 Å². The van der Waals surface area contributed by atoms with Crippen molar-refractivity contribution in [1.29, 1.82) is 0 Å². The summed E-state index contributed by atoms with van der Waals surface area (Å²) in [6.45, 7) is 0. The number of rotatable bonds is 6. The van der Waals surface area contributed by atoms with Crippen molar-refractivity contribution in [2.75, 3.05) is 11.6 Å². The maximum atomic E-state index is 12.0. The van der Waals surface area contributed by atoms with Gasteiger partial charge in [0.2, 0.25) is 17.6 Å². The van der Waals surface area contributed by atoms with Crippen molar-refractivity contribution in [3.05, 3.63) is 54.6 Å². The predicted molar refractivity (Wildman–Crippen MR) is 92.7 cm³/mol. The molecule has 0 fully saturated rings. The van der Waals surface area contributed by atoms with Crippen molar-refractivity contribution in [2.24, 2.45) is 0 Å². The second-order valence-corrected chi connectivity index (χ2v) is 5.88. The number of anilines is 1. The normalized spacial score (nSPS) is 10.5. The molecule has 6 nitrogen and oxygen atoms in total. The number of nitrogens with zero attached hydrogens (tertiary/aromatic N) is 3. The average Bonchev–Trinajstić information content (AvgIpc) is 3.10. The molecule has 2 heterocycles. The molecule has 0 unspecified atom stereocenters. The van der Waals surface area contributed by atoms with Crippen LogP contribution in [0.5, 0.6) is 0 Å². The Bertz CT molecular complexity index is 803. The lowest BCUT2D eigenvalue weighted by Gasteiger charge is -2.04. The van der Waals surface area contributed by atoms with Gasteiger partial charge < -0.3 is 9.84 Å². The van der Waals surface area contributed by atoms with Crippen molar-refractivity contribution in [3.8, 4) is 11.5 Å². The quantitative estimate of drug-likeness (QED) is 0.693. The number of amides is 1. The maximum absolute atomic E-state index is 12.0. The molecule has 0 saturated heterocycles. The van der Waals surface area contributed by atoms with Gasteiger partial charge in [-0.2, -0.15) is 4.98 Å². The molecule has 0 bridgehead atoms. The zero-order valence-corrected chi connectivity index (χ0v) is 13.9. The Morgan fingerprint density at radius 1 is 1.21 bits per heavy atom. The topological polar surface area (TPSA) is 80.9 Å². The van der Waals surface area contributed by atoms with Crippen LogP contribution in [0.25, 0.3) is 11.5 Å². The Morgan fingerprint density at radius 2 is 2.04 bits per heavy atom. The van der Waals surface area contributed by atoms with Crippen LogP contribution < -0.4 is 5.32 Å². The fourth-order valence-corrected chi connectivity index (χ4v) is 2.48. The van der Waals surface area contributed by atoms with Crippen LogP contribution >= 0.6 is 11.8 Å². The molecule has 0 aliphatic rings. The second kappa shape index (κ2) is 7.74. The van der Waals surface area contributed by atoms with Gasteiger partial charge in [-0.1, -0.05) is 11.2 Å². The molecule has 3 rings (SSSR count). The Balaban J connectivity index is 1.53. The number of carbonyl (C=O) groups is 1. The highest BCUT2D eigenvalue weighted by Gasteiger charge is 2.11. The van der Waals surface area contributed by atoms with Crippen LogP contribution in [0.2, 0.25) is 0 Å². The minimum Gasteiger partial charge on any atom is -0.339 e. The fourth-order valence-electron chi connectivity index (χ4n) is 2.07. The molecule has 0 atom stereocenters. The minimum absolute atomic E-state index is 0.0931. The number of pyridine rings is 1. The lowest BCUT2D eigenvalue weighted by atomic mass is 10.2. The number of aryl methyl sites for hydroxylation is 1. The molecule has 2 aromatic heterocycles. The van der Waals surface area contributed by atoms with Gasteiger partial charge in [0.15, 0.2) is 0 Å². The average molecular weight is 340 g/mol. The summed E-state index contributed by atoms with van der Waals surface area (Å²) >= 11 is 1.66. The van der Waals surface area contributed by atoms with Crippen molar-refractivity contribution in [3.63, 3.8) is 0 Å². The van der Waals surface area contributed by atoms with E-state index in [1.807, 2.05) is 42.7 Å². The van der Waals surface area contributed by atoms with Crippen LogP contribution in [-0.2, 0) is 11.2 Å². The Kier molecular flexibility index (Phi) is 5.22. The number of carbonyl (C=O) groups excluding carboxylic acids is 1.